The molecule has 0 unspecified atom stereocenters. The van der Waals surface area contributed by atoms with Gasteiger partial charge in [0, 0.05) is 47.9 Å². The van der Waals surface area contributed by atoms with E-state index >= 15 is 0 Å². The third kappa shape index (κ3) is 7.54. The van der Waals surface area contributed by atoms with Crippen molar-refractivity contribution in [3.8, 4) is 34.1 Å². The van der Waals surface area contributed by atoms with Gasteiger partial charge in [-0.25, -0.2) is 4.79 Å². The van der Waals surface area contributed by atoms with Crippen LogP contribution in [0, 0.1) is 6.92 Å². The molecule has 0 aliphatic heterocycles. The van der Waals surface area contributed by atoms with E-state index in [1.807, 2.05) is 0 Å². The molecule has 1 aliphatic rings. The standard InChI is InChI=1S/C37H32O12S2/c1-20-7-23-11-25-15-31(50(43,44)45)17-27(35(25)41)13-29-9-22(21-5-3-2-4-6-21)10-30(37(29)49-19-33(38)39)14-28-18-32(51(46,47)48)16-26(36(28)42)12-24(8-20)34(23)40/h2-10,15-18,40-42H,11-14,19H2,1H3,(H,38,39)(H,43,44,45)(H,46,47,48). The summed E-state index contributed by atoms with van der Waals surface area (Å²) >= 11 is 0. The van der Waals surface area contributed by atoms with Gasteiger partial charge < -0.3 is 25.2 Å². The highest BCUT2D eigenvalue weighted by Crippen LogP contribution is 2.41. The Morgan fingerprint density at radius 1 is 0.588 bits per heavy atom. The Morgan fingerprint density at radius 3 is 1.33 bits per heavy atom. The van der Waals surface area contributed by atoms with Crippen molar-refractivity contribution >= 4 is 26.2 Å². The third-order valence-corrected chi connectivity index (χ3v) is 10.4. The van der Waals surface area contributed by atoms with Crippen LogP contribution in [0.4, 0.5) is 0 Å². The van der Waals surface area contributed by atoms with E-state index in [2.05, 4.69) is 0 Å². The third-order valence-electron chi connectivity index (χ3n) is 8.70. The van der Waals surface area contributed by atoms with E-state index in [9.17, 15) is 51.2 Å². The lowest BCUT2D eigenvalue weighted by Gasteiger charge is -2.21. The number of aryl methyl sites for hydroxylation is 1. The van der Waals surface area contributed by atoms with Crippen LogP contribution in [0.2, 0.25) is 0 Å². The van der Waals surface area contributed by atoms with Crippen LogP contribution in [0.3, 0.4) is 0 Å². The highest BCUT2D eigenvalue weighted by molar-refractivity contribution is 7.86. The van der Waals surface area contributed by atoms with Gasteiger partial charge in [0.25, 0.3) is 20.2 Å². The van der Waals surface area contributed by atoms with Crippen LogP contribution >= 0.6 is 0 Å². The molecule has 0 saturated heterocycles. The monoisotopic (exact) mass is 732 g/mol. The zero-order valence-electron chi connectivity index (χ0n) is 27.0. The van der Waals surface area contributed by atoms with Gasteiger partial charge in [-0.1, -0.05) is 48.0 Å². The van der Waals surface area contributed by atoms with E-state index in [0.29, 0.717) is 16.7 Å². The predicted octanol–water partition coefficient (Wildman–Crippen LogP) is 5.41. The fourth-order valence-electron chi connectivity index (χ4n) is 6.45. The molecular formula is C37H32O12S2. The Labute approximate surface area is 293 Å². The lowest BCUT2D eigenvalue weighted by Crippen LogP contribution is -2.13. The molecule has 0 aromatic heterocycles. The summed E-state index contributed by atoms with van der Waals surface area (Å²) in [4.78, 5) is 10.7. The summed E-state index contributed by atoms with van der Waals surface area (Å²) in [5.74, 6) is -2.28. The number of benzene rings is 5. The van der Waals surface area contributed by atoms with Gasteiger partial charge in [0.2, 0.25) is 0 Å². The molecule has 264 valence electrons. The first-order valence-corrected chi connectivity index (χ1v) is 18.4. The van der Waals surface area contributed by atoms with Crippen LogP contribution in [0.1, 0.15) is 50.1 Å². The van der Waals surface area contributed by atoms with Gasteiger partial charge in [-0.05, 0) is 76.7 Å². The van der Waals surface area contributed by atoms with Gasteiger partial charge in [-0.2, -0.15) is 16.8 Å². The maximum Gasteiger partial charge on any atom is 0.341 e. The lowest BCUT2D eigenvalue weighted by atomic mass is 9.89. The Morgan fingerprint density at radius 2 is 0.961 bits per heavy atom. The number of hydrogen-bond donors (Lipinski definition) is 6. The molecule has 1 aliphatic carbocycles. The molecule has 0 fully saturated rings. The van der Waals surface area contributed by atoms with Crippen molar-refractivity contribution < 1.29 is 55.9 Å². The van der Waals surface area contributed by atoms with Gasteiger partial charge in [0.05, 0.1) is 9.79 Å². The zero-order chi connectivity index (χ0) is 36.8. The number of aromatic hydroxyl groups is 3. The number of fused-ring (bicyclic) bond motifs is 8. The number of rotatable bonds is 6. The topological polar surface area (TPSA) is 216 Å². The minimum atomic E-state index is -4.80. The number of phenols is 3. The van der Waals surface area contributed by atoms with E-state index < -0.39 is 42.6 Å². The van der Waals surface area contributed by atoms with Gasteiger partial charge in [-0.15, -0.1) is 0 Å². The van der Waals surface area contributed by atoms with Crippen LogP contribution in [0.25, 0.3) is 11.1 Å². The largest absolute Gasteiger partial charge is 0.507 e. The second kappa shape index (κ2) is 13.4. The average molecular weight is 733 g/mol. The number of ether oxygens (including phenoxy) is 1. The highest BCUT2D eigenvalue weighted by Gasteiger charge is 2.25. The van der Waals surface area contributed by atoms with Crippen molar-refractivity contribution in [1.82, 2.24) is 0 Å². The van der Waals surface area contributed by atoms with Crippen molar-refractivity contribution in [2.24, 2.45) is 0 Å². The van der Waals surface area contributed by atoms with E-state index in [4.69, 9.17) is 4.74 Å². The van der Waals surface area contributed by atoms with E-state index in [-0.39, 0.29) is 93.2 Å². The van der Waals surface area contributed by atoms with Crippen molar-refractivity contribution in [3.05, 3.63) is 129 Å². The average Bonchev–Trinajstić information content (AvgIpc) is 3.05. The molecule has 51 heavy (non-hydrogen) atoms. The molecular weight excluding hydrogens is 701 g/mol. The van der Waals surface area contributed by atoms with Gasteiger partial charge in [-0.3, -0.25) is 9.11 Å². The molecule has 0 atom stereocenters. The van der Waals surface area contributed by atoms with Crippen LogP contribution in [-0.2, 0) is 50.7 Å². The van der Waals surface area contributed by atoms with Crippen LogP contribution in [0.5, 0.6) is 23.0 Å². The first kappa shape index (κ1) is 35.4. The summed E-state index contributed by atoms with van der Waals surface area (Å²) in [6.07, 6.45) is -0.943. The van der Waals surface area contributed by atoms with Crippen molar-refractivity contribution in [2.45, 2.75) is 42.4 Å². The number of phenolic OH excluding ortho intramolecular Hbond substituents is 3. The lowest BCUT2D eigenvalue weighted by molar-refractivity contribution is -0.139. The molecule has 5 aromatic carbocycles. The van der Waals surface area contributed by atoms with Crippen molar-refractivity contribution in [1.29, 1.82) is 0 Å². The second-order valence-electron chi connectivity index (χ2n) is 12.4. The quantitative estimate of drug-likeness (QED) is 0.119. The molecule has 0 radical (unpaired) electrons. The van der Waals surface area contributed by atoms with Crippen LogP contribution < -0.4 is 4.74 Å². The minimum absolute atomic E-state index is 0.000851. The van der Waals surface area contributed by atoms with Crippen LogP contribution in [0.15, 0.2) is 88.7 Å². The Kier molecular flexibility index (Phi) is 9.29. The van der Waals surface area contributed by atoms with Gasteiger partial charge >= 0.3 is 5.97 Å². The molecule has 14 heteroatoms. The number of aliphatic carboxylic acids is 1. The predicted molar refractivity (Wildman–Crippen MR) is 185 cm³/mol. The zero-order valence-corrected chi connectivity index (χ0v) is 28.6. The first-order chi connectivity index (χ1) is 24.0. The number of carbonyl (C=O) groups is 1. The molecule has 0 spiro atoms. The Bertz CT molecular complexity index is 2300. The summed E-state index contributed by atoms with van der Waals surface area (Å²) in [6.45, 7) is 0.905. The fraction of sp³-hybridized carbons (Fsp3) is 0.162. The van der Waals surface area contributed by atoms with E-state index in [1.165, 1.54) is 0 Å². The van der Waals surface area contributed by atoms with Crippen LogP contribution in [-0.4, -0.2) is 58.9 Å². The molecule has 12 nitrogen and oxygen atoms in total. The number of carboxylic acid groups (broad SMARTS) is 1. The summed E-state index contributed by atoms with van der Waals surface area (Å²) in [5, 5.41) is 44.2. The smallest absolute Gasteiger partial charge is 0.341 e. The fourth-order valence-corrected chi connectivity index (χ4v) is 7.62. The summed E-state index contributed by atoms with van der Waals surface area (Å²) in [7, 11) is -9.61. The Hall–Kier alpha value is -5.41. The second-order valence-corrected chi connectivity index (χ2v) is 15.3. The normalized spacial score (nSPS) is 13.1. The molecule has 0 heterocycles. The molecule has 5 aromatic rings. The SMILES string of the molecule is Cc1cc2c(O)c(c1)Cc1cc(S(=O)(=O)O)cc(c1O)Cc1cc(-c3ccccc3)cc(c1OCC(=O)O)Cc1cc(S(=O)(=O)O)cc(c1O)C2. The van der Waals surface area contributed by atoms with E-state index in [1.54, 1.807) is 61.5 Å². The number of carboxylic acids is 1. The Balaban J connectivity index is 1.72. The van der Waals surface area contributed by atoms with Crippen molar-refractivity contribution in [3.63, 3.8) is 0 Å². The molecule has 6 N–H and O–H groups in total. The molecule has 6 rings (SSSR count). The summed E-state index contributed by atoms with van der Waals surface area (Å²) < 4.78 is 75.9. The maximum absolute atomic E-state index is 12.5. The van der Waals surface area contributed by atoms with Gasteiger partial charge in [0.15, 0.2) is 6.61 Å². The molecule has 0 amide bonds. The molecule has 0 saturated carbocycles. The van der Waals surface area contributed by atoms with E-state index in [0.717, 1.165) is 24.3 Å². The van der Waals surface area contributed by atoms with Gasteiger partial charge in [0.1, 0.15) is 23.0 Å². The first-order valence-electron chi connectivity index (χ1n) is 15.5. The highest BCUT2D eigenvalue weighted by atomic mass is 32.2. The number of hydrogen-bond acceptors (Lipinski definition) is 9. The molecule has 8 bridgehead atoms. The summed E-state index contributed by atoms with van der Waals surface area (Å²) in [5.41, 5.74) is 3.08. The maximum atomic E-state index is 12.5. The minimum Gasteiger partial charge on any atom is -0.507 e. The van der Waals surface area contributed by atoms with Crippen molar-refractivity contribution in [2.75, 3.05) is 6.61 Å². The summed E-state index contributed by atoms with van der Waals surface area (Å²) in [6, 6.07) is 19.9.